The number of carbonyl (C=O) groups excluding carboxylic acids is 1. The fraction of sp³-hybridized carbons (Fsp3) is 0.350. The second kappa shape index (κ2) is 9.56. The molecule has 2 aromatic carbocycles. The summed E-state index contributed by atoms with van der Waals surface area (Å²) in [6.45, 7) is 0.376. The fourth-order valence-corrected chi connectivity index (χ4v) is 2.68. The molecule has 6 heteroatoms. The number of hydrogen-bond donors (Lipinski definition) is 1. The summed E-state index contributed by atoms with van der Waals surface area (Å²) in [4.78, 5) is 12.2. The number of aryl methyl sites for hydroxylation is 1. The van der Waals surface area contributed by atoms with E-state index in [2.05, 4.69) is 5.32 Å². The first-order valence-electron chi connectivity index (χ1n) is 8.30. The Morgan fingerprint density at radius 2 is 1.50 bits per heavy atom. The molecule has 140 valence electrons. The van der Waals surface area contributed by atoms with Crippen molar-refractivity contribution in [2.24, 2.45) is 0 Å². The Balaban J connectivity index is 1.96. The molecule has 6 nitrogen and oxygen atoms in total. The predicted octanol–water partition coefficient (Wildman–Crippen LogP) is 2.97. The Kier molecular flexibility index (Phi) is 7.14. The second-order valence-corrected chi connectivity index (χ2v) is 5.62. The average molecular weight is 359 g/mol. The predicted molar refractivity (Wildman–Crippen MR) is 99.3 cm³/mol. The van der Waals surface area contributed by atoms with Crippen LogP contribution in [0.25, 0.3) is 0 Å². The monoisotopic (exact) mass is 359 g/mol. The van der Waals surface area contributed by atoms with Gasteiger partial charge in [-0.15, -0.1) is 0 Å². The molecular formula is C20H25NO5. The Morgan fingerprint density at radius 3 is 2.08 bits per heavy atom. The van der Waals surface area contributed by atoms with E-state index < -0.39 is 0 Å². The zero-order valence-electron chi connectivity index (χ0n) is 15.6. The van der Waals surface area contributed by atoms with Gasteiger partial charge in [-0.25, -0.2) is 0 Å². The molecule has 1 N–H and O–H groups in total. The number of para-hydroxylation sites is 1. The Labute approximate surface area is 154 Å². The molecule has 0 aliphatic heterocycles. The highest BCUT2D eigenvalue weighted by molar-refractivity contribution is 5.76. The summed E-state index contributed by atoms with van der Waals surface area (Å²) < 4.78 is 21.3. The summed E-state index contributed by atoms with van der Waals surface area (Å²) in [7, 11) is 6.31. The molecule has 0 spiro atoms. The standard InChI is InChI=1S/C20H25NO5/c1-23-16-8-6-5-7-15(16)9-10-19(22)21-13-14-11-17(24-2)20(26-4)18(12-14)25-3/h5-8,11-12H,9-10,13H2,1-4H3,(H,21,22). The Morgan fingerprint density at radius 1 is 0.885 bits per heavy atom. The summed E-state index contributed by atoms with van der Waals surface area (Å²) in [5, 5.41) is 2.92. The number of hydrogen-bond acceptors (Lipinski definition) is 5. The quantitative estimate of drug-likeness (QED) is 0.746. The summed E-state index contributed by atoms with van der Waals surface area (Å²) in [6, 6.07) is 11.3. The zero-order chi connectivity index (χ0) is 18.9. The molecular weight excluding hydrogens is 334 g/mol. The van der Waals surface area contributed by atoms with E-state index in [4.69, 9.17) is 18.9 Å². The van der Waals surface area contributed by atoms with E-state index in [-0.39, 0.29) is 5.91 Å². The summed E-state index contributed by atoms with van der Waals surface area (Å²) >= 11 is 0. The maximum absolute atomic E-state index is 12.2. The number of ether oxygens (including phenoxy) is 4. The first kappa shape index (κ1) is 19.4. The minimum absolute atomic E-state index is 0.0374. The van der Waals surface area contributed by atoms with Crippen LogP contribution in [0.1, 0.15) is 17.5 Å². The van der Waals surface area contributed by atoms with Crippen LogP contribution in [-0.2, 0) is 17.8 Å². The highest BCUT2D eigenvalue weighted by atomic mass is 16.5. The van der Waals surface area contributed by atoms with Gasteiger partial charge in [0.25, 0.3) is 0 Å². The number of amides is 1. The van der Waals surface area contributed by atoms with Gasteiger partial charge in [0.15, 0.2) is 11.5 Å². The molecule has 2 rings (SSSR count). The molecule has 1 amide bonds. The number of methoxy groups -OCH3 is 4. The van der Waals surface area contributed by atoms with E-state index >= 15 is 0 Å². The van der Waals surface area contributed by atoms with Gasteiger partial charge in [-0.05, 0) is 35.7 Å². The van der Waals surface area contributed by atoms with Gasteiger partial charge in [-0.3, -0.25) is 4.79 Å². The largest absolute Gasteiger partial charge is 0.496 e. The van der Waals surface area contributed by atoms with Crippen molar-refractivity contribution in [3.63, 3.8) is 0 Å². The maximum atomic E-state index is 12.2. The molecule has 0 aromatic heterocycles. The van der Waals surface area contributed by atoms with Gasteiger partial charge in [0.05, 0.1) is 28.4 Å². The summed E-state index contributed by atoms with van der Waals surface area (Å²) in [6.07, 6.45) is 0.996. The number of benzene rings is 2. The first-order valence-corrected chi connectivity index (χ1v) is 8.30. The maximum Gasteiger partial charge on any atom is 0.220 e. The topological polar surface area (TPSA) is 66.0 Å². The van der Waals surface area contributed by atoms with Crippen molar-refractivity contribution in [3.05, 3.63) is 47.5 Å². The molecule has 0 fully saturated rings. The van der Waals surface area contributed by atoms with Crippen LogP contribution in [0.15, 0.2) is 36.4 Å². The van der Waals surface area contributed by atoms with Crippen molar-refractivity contribution in [1.29, 1.82) is 0 Å². The molecule has 0 heterocycles. The van der Waals surface area contributed by atoms with Gasteiger partial charge in [-0.1, -0.05) is 18.2 Å². The molecule has 0 bridgehead atoms. The van der Waals surface area contributed by atoms with Crippen LogP contribution >= 0.6 is 0 Å². The van der Waals surface area contributed by atoms with E-state index in [9.17, 15) is 4.79 Å². The van der Waals surface area contributed by atoms with Crippen LogP contribution in [0.4, 0.5) is 0 Å². The summed E-state index contributed by atoms with van der Waals surface area (Å²) in [5.74, 6) is 2.41. The van der Waals surface area contributed by atoms with Crippen LogP contribution in [0.3, 0.4) is 0 Å². The lowest BCUT2D eigenvalue weighted by molar-refractivity contribution is -0.121. The van der Waals surface area contributed by atoms with Gasteiger partial charge in [-0.2, -0.15) is 0 Å². The Bertz CT molecular complexity index is 720. The van der Waals surface area contributed by atoms with E-state index in [0.717, 1.165) is 16.9 Å². The van der Waals surface area contributed by atoms with Crippen LogP contribution < -0.4 is 24.3 Å². The van der Waals surface area contributed by atoms with Crippen molar-refractivity contribution in [1.82, 2.24) is 5.32 Å². The van der Waals surface area contributed by atoms with E-state index in [1.807, 2.05) is 36.4 Å². The molecule has 2 aromatic rings. The molecule has 0 radical (unpaired) electrons. The molecule has 26 heavy (non-hydrogen) atoms. The van der Waals surface area contributed by atoms with Crippen molar-refractivity contribution >= 4 is 5.91 Å². The molecule has 0 unspecified atom stereocenters. The molecule has 0 saturated carbocycles. The van der Waals surface area contributed by atoms with E-state index in [1.165, 1.54) is 0 Å². The summed E-state index contributed by atoms with van der Waals surface area (Å²) in [5.41, 5.74) is 1.88. The number of nitrogens with one attached hydrogen (secondary N) is 1. The van der Waals surface area contributed by atoms with Gasteiger partial charge in [0, 0.05) is 13.0 Å². The number of carbonyl (C=O) groups is 1. The minimum Gasteiger partial charge on any atom is -0.496 e. The molecule has 0 saturated heterocycles. The molecule has 0 atom stereocenters. The average Bonchev–Trinajstić information content (AvgIpc) is 2.69. The number of rotatable bonds is 9. The fourth-order valence-electron chi connectivity index (χ4n) is 2.68. The van der Waals surface area contributed by atoms with Crippen molar-refractivity contribution < 1.29 is 23.7 Å². The van der Waals surface area contributed by atoms with Crippen LogP contribution in [0.2, 0.25) is 0 Å². The molecule has 0 aliphatic carbocycles. The highest BCUT2D eigenvalue weighted by Crippen LogP contribution is 2.38. The van der Waals surface area contributed by atoms with Gasteiger partial charge >= 0.3 is 0 Å². The smallest absolute Gasteiger partial charge is 0.220 e. The van der Waals surface area contributed by atoms with Crippen LogP contribution in [0, 0.1) is 0 Å². The van der Waals surface area contributed by atoms with Gasteiger partial charge < -0.3 is 24.3 Å². The first-order chi connectivity index (χ1) is 12.6. The lowest BCUT2D eigenvalue weighted by Crippen LogP contribution is -2.23. The van der Waals surface area contributed by atoms with Crippen LogP contribution in [-0.4, -0.2) is 34.3 Å². The second-order valence-electron chi connectivity index (χ2n) is 5.62. The van der Waals surface area contributed by atoms with Gasteiger partial charge in [0.1, 0.15) is 5.75 Å². The van der Waals surface area contributed by atoms with Crippen LogP contribution in [0.5, 0.6) is 23.0 Å². The third kappa shape index (κ3) is 4.81. The molecule has 0 aliphatic rings. The lowest BCUT2D eigenvalue weighted by Gasteiger charge is -2.14. The van der Waals surface area contributed by atoms with Gasteiger partial charge in [0.2, 0.25) is 11.7 Å². The Hall–Kier alpha value is -2.89. The SMILES string of the molecule is COc1ccccc1CCC(=O)NCc1cc(OC)c(OC)c(OC)c1. The van der Waals surface area contributed by atoms with Crippen molar-refractivity contribution in [3.8, 4) is 23.0 Å². The highest BCUT2D eigenvalue weighted by Gasteiger charge is 2.13. The van der Waals surface area contributed by atoms with E-state index in [0.29, 0.717) is 36.6 Å². The normalized spacial score (nSPS) is 10.2. The van der Waals surface area contributed by atoms with Crippen molar-refractivity contribution in [2.45, 2.75) is 19.4 Å². The van der Waals surface area contributed by atoms with E-state index in [1.54, 1.807) is 28.4 Å². The third-order valence-electron chi connectivity index (χ3n) is 4.03. The zero-order valence-corrected chi connectivity index (χ0v) is 15.6. The third-order valence-corrected chi connectivity index (χ3v) is 4.03. The lowest BCUT2D eigenvalue weighted by atomic mass is 10.1. The van der Waals surface area contributed by atoms with Crippen molar-refractivity contribution in [2.75, 3.05) is 28.4 Å². The minimum atomic E-state index is -0.0374.